The second kappa shape index (κ2) is 5.81. The van der Waals surface area contributed by atoms with Gasteiger partial charge in [-0.25, -0.2) is 4.98 Å². The highest BCUT2D eigenvalue weighted by Gasteiger charge is 2.14. The smallest absolute Gasteiger partial charge is 0.258 e. The van der Waals surface area contributed by atoms with E-state index in [0.29, 0.717) is 17.9 Å². The van der Waals surface area contributed by atoms with Crippen molar-refractivity contribution >= 4 is 11.9 Å². The summed E-state index contributed by atoms with van der Waals surface area (Å²) in [6, 6.07) is 0.405. The molecule has 8 heteroatoms. The molecule has 1 aliphatic rings. The number of hydrogen-bond donors (Lipinski definition) is 2. The Hall–Kier alpha value is -2.25. The van der Waals surface area contributed by atoms with E-state index in [2.05, 4.69) is 30.4 Å². The van der Waals surface area contributed by atoms with Crippen molar-refractivity contribution in [1.82, 2.24) is 29.7 Å². The number of nitrogens with two attached hydrogens (primary N) is 1. The van der Waals surface area contributed by atoms with Crippen LogP contribution in [0.25, 0.3) is 5.95 Å². The quantitative estimate of drug-likeness (QED) is 0.809. The number of aromatic nitrogens is 6. The molecule has 1 aliphatic carbocycles. The topological polar surface area (TPSA) is 107 Å². The van der Waals surface area contributed by atoms with Crippen LogP contribution < -0.4 is 11.1 Å². The SMILES string of the molecule is Nc1nc(NC2CCCCCC2)nc(-n2cncn2)n1. The zero-order valence-electron chi connectivity index (χ0n) is 11.2. The van der Waals surface area contributed by atoms with E-state index in [1.807, 2.05) is 0 Å². The predicted molar refractivity (Wildman–Crippen MR) is 74.3 cm³/mol. The van der Waals surface area contributed by atoms with Crippen molar-refractivity contribution in [2.24, 2.45) is 0 Å². The van der Waals surface area contributed by atoms with Crippen LogP contribution in [0.2, 0.25) is 0 Å². The zero-order chi connectivity index (χ0) is 13.8. The summed E-state index contributed by atoms with van der Waals surface area (Å²) < 4.78 is 1.47. The van der Waals surface area contributed by atoms with Crippen LogP contribution in [0.15, 0.2) is 12.7 Å². The van der Waals surface area contributed by atoms with Gasteiger partial charge in [0.15, 0.2) is 0 Å². The molecule has 0 saturated heterocycles. The molecular formula is C12H18N8. The minimum Gasteiger partial charge on any atom is -0.368 e. The average molecular weight is 274 g/mol. The van der Waals surface area contributed by atoms with Gasteiger partial charge in [0.25, 0.3) is 5.95 Å². The fourth-order valence-corrected chi connectivity index (χ4v) is 2.47. The molecule has 1 saturated carbocycles. The third kappa shape index (κ3) is 3.01. The first-order chi connectivity index (χ1) is 9.81. The summed E-state index contributed by atoms with van der Waals surface area (Å²) in [6.45, 7) is 0. The summed E-state index contributed by atoms with van der Waals surface area (Å²) in [6.07, 6.45) is 10.4. The van der Waals surface area contributed by atoms with E-state index in [4.69, 9.17) is 5.73 Å². The Labute approximate surface area is 116 Å². The Balaban J connectivity index is 1.79. The highest BCUT2D eigenvalue weighted by molar-refractivity contribution is 5.35. The molecule has 20 heavy (non-hydrogen) atoms. The van der Waals surface area contributed by atoms with Crippen LogP contribution in [-0.2, 0) is 0 Å². The Bertz CT molecular complexity index is 545. The van der Waals surface area contributed by atoms with E-state index in [-0.39, 0.29) is 5.95 Å². The first-order valence-electron chi connectivity index (χ1n) is 6.94. The molecule has 1 fully saturated rings. The van der Waals surface area contributed by atoms with E-state index < -0.39 is 0 Å². The second-order valence-corrected chi connectivity index (χ2v) is 4.99. The van der Waals surface area contributed by atoms with Crippen LogP contribution in [0, 0.1) is 0 Å². The van der Waals surface area contributed by atoms with Gasteiger partial charge >= 0.3 is 0 Å². The highest BCUT2D eigenvalue weighted by Crippen LogP contribution is 2.20. The summed E-state index contributed by atoms with van der Waals surface area (Å²) in [5, 5.41) is 7.36. The molecule has 0 unspecified atom stereocenters. The van der Waals surface area contributed by atoms with Gasteiger partial charge in [-0.15, -0.1) is 0 Å². The zero-order valence-corrected chi connectivity index (χ0v) is 11.2. The van der Waals surface area contributed by atoms with Gasteiger partial charge in [-0.1, -0.05) is 25.7 Å². The van der Waals surface area contributed by atoms with Crippen molar-refractivity contribution in [3.05, 3.63) is 12.7 Å². The lowest BCUT2D eigenvalue weighted by Gasteiger charge is -2.16. The molecule has 3 N–H and O–H groups in total. The second-order valence-electron chi connectivity index (χ2n) is 4.99. The standard InChI is InChI=1S/C12H18N8/c13-10-17-11(16-9-5-3-1-2-4-6-9)19-12(18-10)20-8-14-7-15-20/h7-9H,1-6H2,(H3,13,16,17,18,19). The molecule has 106 valence electrons. The molecule has 2 heterocycles. The van der Waals surface area contributed by atoms with E-state index >= 15 is 0 Å². The fraction of sp³-hybridized carbons (Fsp3) is 0.583. The molecule has 0 spiro atoms. The van der Waals surface area contributed by atoms with E-state index in [9.17, 15) is 0 Å². The molecule has 0 atom stereocenters. The molecule has 2 aromatic rings. The van der Waals surface area contributed by atoms with Gasteiger partial charge in [-0.2, -0.15) is 24.7 Å². The monoisotopic (exact) mass is 274 g/mol. The normalized spacial score (nSPS) is 16.8. The molecule has 0 aromatic carbocycles. The Kier molecular flexibility index (Phi) is 3.71. The summed E-state index contributed by atoms with van der Waals surface area (Å²) in [5.41, 5.74) is 5.74. The number of anilines is 2. The van der Waals surface area contributed by atoms with Crippen LogP contribution in [0.5, 0.6) is 0 Å². The van der Waals surface area contributed by atoms with Gasteiger partial charge in [-0.05, 0) is 12.8 Å². The maximum Gasteiger partial charge on any atom is 0.258 e. The maximum absolute atomic E-state index is 5.74. The molecule has 0 amide bonds. The number of nitrogens with zero attached hydrogens (tertiary/aromatic N) is 6. The number of nitrogen functional groups attached to an aromatic ring is 1. The van der Waals surface area contributed by atoms with Crippen LogP contribution in [0.4, 0.5) is 11.9 Å². The lowest BCUT2D eigenvalue weighted by atomic mass is 10.1. The summed E-state index contributed by atoms with van der Waals surface area (Å²) >= 11 is 0. The third-order valence-electron chi connectivity index (χ3n) is 3.45. The third-order valence-corrected chi connectivity index (χ3v) is 3.45. The van der Waals surface area contributed by atoms with Gasteiger partial charge in [0.2, 0.25) is 11.9 Å². The summed E-state index contributed by atoms with van der Waals surface area (Å²) in [5.74, 6) is 1.07. The Morgan fingerprint density at radius 3 is 2.60 bits per heavy atom. The number of nitrogens with one attached hydrogen (secondary N) is 1. The van der Waals surface area contributed by atoms with Gasteiger partial charge in [0, 0.05) is 6.04 Å². The van der Waals surface area contributed by atoms with Crippen LogP contribution in [0.1, 0.15) is 38.5 Å². The highest BCUT2D eigenvalue weighted by atomic mass is 15.4. The van der Waals surface area contributed by atoms with Crippen molar-refractivity contribution < 1.29 is 0 Å². The molecule has 8 nitrogen and oxygen atoms in total. The van der Waals surface area contributed by atoms with Gasteiger partial charge in [0.1, 0.15) is 12.7 Å². The van der Waals surface area contributed by atoms with Crippen molar-refractivity contribution in [2.75, 3.05) is 11.1 Å². The first kappa shape index (κ1) is 12.8. The van der Waals surface area contributed by atoms with Crippen LogP contribution in [0.3, 0.4) is 0 Å². The Morgan fingerprint density at radius 2 is 1.90 bits per heavy atom. The number of hydrogen-bond acceptors (Lipinski definition) is 7. The Morgan fingerprint density at radius 1 is 1.10 bits per heavy atom. The van der Waals surface area contributed by atoms with Gasteiger partial charge in [0.05, 0.1) is 0 Å². The van der Waals surface area contributed by atoms with Crippen LogP contribution >= 0.6 is 0 Å². The average Bonchev–Trinajstić information content (AvgIpc) is 2.85. The molecule has 0 aliphatic heterocycles. The van der Waals surface area contributed by atoms with Crippen molar-refractivity contribution in [1.29, 1.82) is 0 Å². The lowest BCUT2D eigenvalue weighted by molar-refractivity contribution is 0.613. The lowest BCUT2D eigenvalue weighted by Crippen LogP contribution is -2.21. The largest absolute Gasteiger partial charge is 0.368 e. The van der Waals surface area contributed by atoms with Crippen molar-refractivity contribution in [2.45, 2.75) is 44.6 Å². The van der Waals surface area contributed by atoms with Crippen molar-refractivity contribution in [3.8, 4) is 5.95 Å². The summed E-state index contributed by atoms with van der Waals surface area (Å²) in [7, 11) is 0. The maximum atomic E-state index is 5.74. The van der Waals surface area contributed by atoms with E-state index in [1.165, 1.54) is 43.0 Å². The predicted octanol–water partition coefficient (Wildman–Crippen LogP) is 1.17. The van der Waals surface area contributed by atoms with Crippen LogP contribution in [-0.4, -0.2) is 35.8 Å². The molecule has 0 radical (unpaired) electrons. The minimum atomic E-state index is 0.182. The molecular weight excluding hydrogens is 256 g/mol. The first-order valence-corrected chi connectivity index (χ1v) is 6.94. The van der Waals surface area contributed by atoms with E-state index in [0.717, 1.165) is 12.8 Å². The summed E-state index contributed by atoms with van der Waals surface area (Å²) in [4.78, 5) is 16.4. The van der Waals surface area contributed by atoms with Crippen molar-refractivity contribution in [3.63, 3.8) is 0 Å². The molecule has 2 aromatic heterocycles. The number of rotatable bonds is 3. The minimum absolute atomic E-state index is 0.182. The fourth-order valence-electron chi connectivity index (χ4n) is 2.47. The van der Waals surface area contributed by atoms with E-state index in [1.54, 1.807) is 0 Å². The molecule has 0 bridgehead atoms. The van der Waals surface area contributed by atoms with Gasteiger partial charge in [-0.3, -0.25) is 0 Å². The van der Waals surface area contributed by atoms with Gasteiger partial charge < -0.3 is 11.1 Å². The molecule has 3 rings (SSSR count).